The number of aryl methyl sites for hydroxylation is 1. The van der Waals surface area contributed by atoms with E-state index in [-0.39, 0.29) is 10.6 Å². The number of benzene rings is 1. The van der Waals surface area contributed by atoms with Crippen molar-refractivity contribution < 1.29 is 4.92 Å². The summed E-state index contributed by atoms with van der Waals surface area (Å²) in [6, 6.07) is 4.45. The van der Waals surface area contributed by atoms with Crippen molar-refractivity contribution in [3.63, 3.8) is 0 Å². The minimum Gasteiger partial charge on any atom is -0.380 e. The third-order valence-electron chi connectivity index (χ3n) is 4.68. The van der Waals surface area contributed by atoms with Crippen LogP contribution in [-0.4, -0.2) is 35.0 Å². The van der Waals surface area contributed by atoms with E-state index >= 15 is 0 Å². The van der Waals surface area contributed by atoms with Crippen molar-refractivity contribution in [2.24, 2.45) is 0 Å². The van der Waals surface area contributed by atoms with Crippen LogP contribution in [0.5, 0.6) is 0 Å². The van der Waals surface area contributed by atoms with Crippen molar-refractivity contribution in [1.82, 2.24) is 4.90 Å². The van der Waals surface area contributed by atoms with Crippen LogP contribution in [0.15, 0.2) is 16.6 Å². The average molecular weight is 354 g/mol. The Morgan fingerprint density at radius 1 is 1.33 bits per heavy atom. The molecule has 114 valence electrons. The van der Waals surface area contributed by atoms with E-state index in [0.717, 1.165) is 23.1 Å². The molecule has 5 nitrogen and oxygen atoms in total. The summed E-state index contributed by atoms with van der Waals surface area (Å²) < 4.78 is 0.903. The standard InChI is InChI=1S/C15H20BrN3O2/c1-10-8-11(16)13(9-15(10)19(20)21)17-12-5-7-18-6-3-2-4-14(12)18/h8-9,12,14,17H,2-7H2,1H3. The van der Waals surface area contributed by atoms with E-state index < -0.39 is 0 Å². The van der Waals surface area contributed by atoms with Crippen LogP contribution >= 0.6 is 15.9 Å². The Morgan fingerprint density at radius 2 is 2.14 bits per heavy atom. The van der Waals surface area contributed by atoms with Gasteiger partial charge in [-0.05, 0) is 54.7 Å². The molecule has 2 fully saturated rings. The van der Waals surface area contributed by atoms with Crippen LogP contribution in [0.1, 0.15) is 31.2 Å². The van der Waals surface area contributed by atoms with Crippen LogP contribution in [0.4, 0.5) is 11.4 Å². The van der Waals surface area contributed by atoms with Gasteiger partial charge < -0.3 is 5.32 Å². The van der Waals surface area contributed by atoms with E-state index in [2.05, 4.69) is 26.1 Å². The molecule has 1 aromatic rings. The lowest BCUT2D eigenvalue weighted by atomic mass is 9.99. The van der Waals surface area contributed by atoms with Crippen molar-refractivity contribution in [2.45, 2.75) is 44.7 Å². The van der Waals surface area contributed by atoms with Crippen LogP contribution in [-0.2, 0) is 0 Å². The van der Waals surface area contributed by atoms with Crippen molar-refractivity contribution in [3.05, 3.63) is 32.3 Å². The van der Waals surface area contributed by atoms with Gasteiger partial charge in [-0.3, -0.25) is 15.0 Å². The molecule has 2 aliphatic rings. The molecule has 2 saturated heterocycles. The molecular formula is C15H20BrN3O2. The lowest BCUT2D eigenvalue weighted by Gasteiger charge is -2.33. The lowest BCUT2D eigenvalue weighted by molar-refractivity contribution is -0.385. The van der Waals surface area contributed by atoms with E-state index in [0.29, 0.717) is 17.6 Å². The zero-order valence-electron chi connectivity index (χ0n) is 12.1. The van der Waals surface area contributed by atoms with E-state index in [1.807, 2.05) is 6.07 Å². The molecule has 1 N–H and O–H groups in total. The first-order chi connectivity index (χ1) is 10.1. The fourth-order valence-corrected chi connectivity index (χ4v) is 4.16. The SMILES string of the molecule is Cc1cc(Br)c(NC2CCN3CCCCC23)cc1[N+](=O)[O-]. The number of nitro benzene ring substituents is 1. The minimum absolute atomic E-state index is 0.180. The molecule has 0 aromatic heterocycles. The Morgan fingerprint density at radius 3 is 2.90 bits per heavy atom. The van der Waals surface area contributed by atoms with Gasteiger partial charge in [0.1, 0.15) is 0 Å². The van der Waals surface area contributed by atoms with Crippen LogP contribution in [0, 0.1) is 17.0 Å². The summed E-state index contributed by atoms with van der Waals surface area (Å²) >= 11 is 3.53. The summed E-state index contributed by atoms with van der Waals surface area (Å²) in [6.45, 7) is 4.09. The molecule has 0 radical (unpaired) electrons. The first kappa shape index (κ1) is 14.8. The molecule has 1 aromatic carbocycles. The highest BCUT2D eigenvalue weighted by molar-refractivity contribution is 9.10. The number of hydrogen-bond donors (Lipinski definition) is 1. The molecule has 0 aliphatic carbocycles. The summed E-state index contributed by atoms with van der Waals surface area (Å²) in [5.74, 6) is 0. The Bertz CT molecular complexity index is 564. The first-order valence-electron chi connectivity index (χ1n) is 7.51. The summed E-state index contributed by atoms with van der Waals surface area (Å²) in [5, 5.41) is 14.6. The van der Waals surface area contributed by atoms with E-state index in [9.17, 15) is 10.1 Å². The van der Waals surface area contributed by atoms with Crippen molar-refractivity contribution in [2.75, 3.05) is 18.4 Å². The predicted octanol–water partition coefficient (Wildman–Crippen LogP) is 3.70. The van der Waals surface area contributed by atoms with Crippen molar-refractivity contribution >= 4 is 27.3 Å². The highest BCUT2D eigenvalue weighted by atomic mass is 79.9. The molecule has 3 rings (SSSR count). The number of nitrogens with zero attached hydrogens (tertiary/aromatic N) is 2. The summed E-state index contributed by atoms with van der Waals surface area (Å²) in [6.07, 6.45) is 4.92. The molecule has 2 aliphatic heterocycles. The van der Waals surface area contributed by atoms with Gasteiger partial charge in [0.2, 0.25) is 0 Å². The summed E-state index contributed by atoms with van der Waals surface area (Å²) in [4.78, 5) is 13.3. The number of anilines is 1. The Hall–Kier alpha value is -1.14. The molecule has 21 heavy (non-hydrogen) atoms. The number of hydrogen-bond acceptors (Lipinski definition) is 4. The highest BCUT2D eigenvalue weighted by Gasteiger charge is 2.35. The fourth-order valence-electron chi connectivity index (χ4n) is 3.58. The predicted molar refractivity (Wildman–Crippen MR) is 86.8 cm³/mol. The van der Waals surface area contributed by atoms with Gasteiger partial charge in [0.15, 0.2) is 0 Å². The highest BCUT2D eigenvalue weighted by Crippen LogP contribution is 2.34. The number of nitrogens with one attached hydrogen (secondary N) is 1. The molecule has 0 bridgehead atoms. The fraction of sp³-hybridized carbons (Fsp3) is 0.600. The maximum absolute atomic E-state index is 11.1. The zero-order chi connectivity index (χ0) is 15.0. The van der Waals surface area contributed by atoms with Crippen molar-refractivity contribution in [1.29, 1.82) is 0 Å². The van der Waals surface area contributed by atoms with Crippen LogP contribution in [0.3, 0.4) is 0 Å². The molecule has 2 atom stereocenters. The van der Waals surface area contributed by atoms with E-state index in [1.54, 1.807) is 13.0 Å². The number of halogens is 1. The molecule has 6 heteroatoms. The van der Waals surface area contributed by atoms with E-state index in [4.69, 9.17) is 0 Å². The van der Waals surface area contributed by atoms with Gasteiger partial charge in [-0.2, -0.15) is 0 Å². The Kier molecular flexibility index (Phi) is 4.17. The zero-order valence-corrected chi connectivity index (χ0v) is 13.7. The van der Waals surface area contributed by atoms with Gasteiger partial charge in [0, 0.05) is 34.7 Å². The molecule has 0 amide bonds. The molecule has 2 unspecified atom stereocenters. The van der Waals surface area contributed by atoms with Gasteiger partial charge >= 0.3 is 0 Å². The smallest absolute Gasteiger partial charge is 0.274 e. The van der Waals surface area contributed by atoms with Crippen LogP contribution in [0.2, 0.25) is 0 Å². The second-order valence-electron chi connectivity index (χ2n) is 6.01. The van der Waals surface area contributed by atoms with Gasteiger partial charge in [-0.25, -0.2) is 0 Å². The van der Waals surface area contributed by atoms with Gasteiger partial charge in [0.25, 0.3) is 5.69 Å². The maximum Gasteiger partial charge on any atom is 0.274 e. The quantitative estimate of drug-likeness (QED) is 0.664. The number of nitro groups is 1. The second-order valence-corrected chi connectivity index (χ2v) is 6.87. The third kappa shape index (κ3) is 2.92. The second kappa shape index (κ2) is 5.93. The minimum atomic E-state index is -0.311. The van der Waals surface area contributed by atoms with Crippen molar-refractivity contribution in [3.8, 4) is 0 Å². The lowest BCUT2D eigenvalue weighted by Crippen LogP contribution is -2.41. The average Bonchev–Trinajstić information content (AvgIpc) is 2.85. The Labute approximate surface area is 133 Å². The largest absolute Gasteiger partial charge is 0.380 e. The number of piperidine rings is 1. The van der Waals surface area contributed by atoms with Gasteiger partial charge in [0.05, 0.1) is 10.6 Å². The van der Waals surface area contributed by atoms with Crippen LogP contribution in [0.25, 0.3) is 0 Å². The third-order valence-corrected chi connectivity index (χ3v) is 5.34. The van der Waals surface area contributed by atoms with Gasteiger partial charge in [-0.15, -0.1) is 0 Å². The topological polar surface area (TPSA) is 58.4 Å². The molecule has 2 heterocycles. The molecule has 0 saturated carbocycles. The molecule has 0 spiro atoms. The number of rotatable bonds is 3. The normalized spacial score (nSPS) is 25.6. The molecular weight excluding hydrogens is 334 g/mol. The Balaban J connectivity index is 1.81. The summed E-state index contributed by atoms with van der Waals surface area (Å²) in [5.41, 5.74) is 1.70. The number of fused-ring (bicyclic) bond motifs is 1. The monoisotopic (exact) mass is 353 g/mol. The van der Waals surface area contributed by atoms with Crippen LogP contribution < -0.4 is 5.32 Å². The van der Waals surface area contributed by atoms with E-state index in [1.165, 1.54) is 25.8 Å². The summed E-state index contributed by atoms with van der Waals surface area (Å²) in [7, 11) is 0. The maximum atomic E-state index is 11.1. The first-order valence-corrected chi connectivity index (χ1v) is 8.30. The van der Waals surface area contributed by atoms with Gasteiger partial charge in [-0.1, -0.05) is 6.42 Å².